The molecule has 0 N–H and O–H groups in total. The highest BCUT2D eigenvalue weighted by molar-refractivity contribution is 7.88. The number of piperidine rings is 1. The molecule has 0 spiro atoms. The van der Waals surface area contributed by atoms with Crippen molar-refractivity contribution in [3.63, 3.8) is 0 Å². The fourth-order valence-electron chi connectivity index (χ4n) is 2.83. The molecular weight excluding hydrogens is 361 g/mol. The predicted octanol–water partition coefficient (Wildman–Crippen LogP) is 2.00. The molecule has 7 nitrogen and oxygen atoms in total. The normalized spacial score (nSPS) is 18.5. The summed E-state index contributed by atoms with van der Waals surface area (Å²) in [6, 6.07) is 5.48. The lowest BCUT2D eigenvalue weighted by molar-refractivity contribution is 0.119. The maximum absolute atomic E-state index is 13.0. The quantitative estimate of drug-likeness (QED) is 0.761. The average molecular weight is 381 g/mol. The van der Waals surface area contributed by atoms with Gasteiger partial charge in [0.15, 0.2) is 0 Å². The molecule has 0 aliphatic carbocycles. The highest BCUT2D eigenvalue weighted by atomic mass is 32.2. The smallest absolute Gasteiger partial charge is 0.278 e. The topological polar surface area (TPSA) is 81.6 Å². The van der Waals surface area contributed by atoms with Gasteiger partial charge in [-0.15, -0.1) is 0 Å². The van der Waals surface area contributed by atoms with Gasteiger partial charge in [0.25, 0.3) is 11.8 Å². The van der Waals surface area contributed by atoms with Crippen LogP contribution in [0, 0.1) is 5.82 Å². The van der Waals surface area contributed by atoms with Gasteiger partial charge in [0.1, 0.15) is 11.9 Å². The number of ether oxygens (including phenoxy) is 2. The van der Waals surface area contributed by atoms with Gasteiger partial charge in [0.05, 0.1) is 19.4 Å². The highest BCUT2D eigenvalue weighted by Crippen LogP contribution is 2.25. The lowest BCUT2D eigenvalue weighted by Crippen LogP contribution is -2.44. The maximum atomic E-state index is 13.0. The van der Waals surface area contributed by atoms with Gasteiger partial charge in [0.2, 0.25) is 10.0 Å². The summed E-state index contributed by atoms with van der Waals surface area (Å²) in [6.45, 7) is 0.657. The third-order valence-electron chi connectivity index (χ3n) is 4.10. The zero-order valence-corrected chi connectivity index (χ0v) is 15.2. The second kappa shape index (κ2) is 7.96. The average Bonchev–Trinajstić information content (AvgIpc) is 2.64. The van der Waals surface area contributed by atoms with Crippen LogP contribution in [0.2, 0.25) is 0 Å². The van der Waals surface area contributed by atoms with Gasteiger partial charge in [0, 0.05) is 18.9 Å². The molecule has 26 heavy (non-hydrogen) atoms. The Morgan fingerprint density at radius 1 is 1.19 bits per heavy atom. The molecule has 1 aliphatic heterocycles. The van der Waals surface area contributed by atoms with E-state index in [-0.39, 0.29) is 30.2 Å². The summed E-state index contributed by atoms with van der Waals surface area (Å²) in [7, 11) is -2.06. The van der Waals surface area contributed by atoms with Crippen molar-refractivity contribution in [3.8, 4) is 11.8 Å². The lowest BCUT2D eigenvalue weighted by Gasteiger charge is -2.31. The number of benzene rings is 1. The third kappa shape index (κ3) is 4.47. The number of halogens is 1. The van der Waals surface area contributed by atoms with E-state index in [4.69, 9.17) is 9.47 Å². The van der Waals surface area contributed by atoms with Gasteiger partial charge in [-0.25, -0.2) is 22.8 Å². The van der Waals surface area contributed by atoms with E-state index < -0.39 is 15.8 Å². The van der Waals surface area contributed by atoms with Gasteiger partial charge in [-0.2, -0.15) is 4.31 Å². The number of sulfonamides is 1. The van der Waals surface area contributed by atoms with Gasteiger partial charge in [-0.3, -0.25) is 0 Å². The summed E-state index contributed by atoms with van der Waals surface area (Å²) >= 11 is 0. The minimum Gasteiger partial charge on any atom is -0.477 e. The summed E-state index contributed by atoms with van der Waals surface area (Å²) in [5, 5.41) is 0. The molecule has 1 saturated heterocycles. The number of rotatable bonds is 6. The number of methoxy groups -OCH3 is 1. The van der Waals surface area contributed by atoms with Crippen molar-refractivity contribution in [2.24, 2.45) is 0 Å². The van der Waals surface area contributed by atoms with Crippen LogP contribution < -0.4 is 9.47 Å². The molecule has 1 aromatic carbocycles. The van der Waals surface area contributed by atoms with E-state index in [9.17, 15) is 12.8 Å². The van der Waals surface area contributed by atoms with E-state index in [1.54, 1.807) is 0 Å². The molecule has 0 bridgehead atoms. The molecule has 1 atom stereocenters. The second-order valence-electron chi connectivity index (χ2n) is 5.99. The van der Waals surface area contributed by atoms with Crippen molar-refractivity contribution in [2.45, 2.75) is 24.7 Å². The molecule has 140 valence electrons. The van der Waals surface area contributed by atoms with Gasteiger partial charge in [-0.05, 0) is 30.5 Å². The highest BCUT2D eigenvalue weighted by Gasteiger charge is 2.30. The Bertz CT molecular complexity index is 845. The van der Waals surface area contributed by atoms with Crippen LogP contribution in [0.3, 0.4) is 0 Å². The van der Waals surface area contributed by atoms with Crippen molar-refractivity contribution in [1.29, 1.82) is 0 Å². The van der Waals surface area contributed by atoms with Crippen molar-refractivity contribution in [1.82, 2.24) is 14.3 Å². The monoisotopic (exact) mass is 381 g/mol. The van der Waals surface area contributed by atoms with Crippen LogP contribution in [0.1, 0.15) is 18.4 Å². The Morgan fingerprint density at radius 3 is 2.58 bits per heavy atom. The van der Waals surface area contributed by atoms with E-state index in [0.717, 1.165) is 0 Å². The molecule has 0 saturated carbocycles. The molecule has 1 aromatic heterocycles. The van der Waals surface area contributed by atoms with Gasteiger partial charge in [-0.1, -0.05) is 12.1 Å². The fourth-order valence-corrected chi connectivity index (χ4v) is 4.42. The first-order valence-corrected chi connectivity index (χ1v) is 9.83. The Kier molecular flexibility index (Phi) is 5.67. The van der Waals surface area contributed by atoms with Crippen LogP contribution in [-0.2, 0) is 15.8 Å². The third-order valence-corrected chi connectivity index (χ3v) is 5.92. The van der Waals surface area contributed by atoms with Gasteiger partial charge < -0.3 is 9.47 Å². The van der Waals surface area contributed by atoms with Crippen LogP contribution in [0.4, 0.5) is 4.39 Å². The zero-order valence-electron chi connectivity index (χ0n) is 14.3. The Morgan fingerprint density at radius 2 is 1.88 bits per heavy atom. The van der Waals surface area contributed by atoms with Crippen molar-refractivity contribution < 1.29 is 22.3 Å². The number of nitrogens with zero attached hydrogens (tertiary/aromatic N) is 3. The number of hydrogen-bond acceptors (Lipinski definition) is 6. The summed E-state index contributed by atoms with van der Waals surface area (Å²) < 4.78 is 50.7. The van der Waals surface area contributed by atoms with Gasteiger partial charge >= 0.3 is 0 Å². The van der Waals surface area contributed by atoms with Crippen molar-refractivity contribution >= 4 is 10.0 Å². The fraction of sp³-hybridized carbons (Fsp3) is 0.412. The van der Waals surface area contributed by atoms with E-state index >= 15 is 0 Å². The first-order chi connectivity index (χ1) is 12.5. The van der Waals surface area contributed by atoms with Crippen LogP contribution in [-0.4, -0.2) is 49.0 Å². The molecule has 1 fully saturated rings. The van der Waals surface area contributed by atoms with Crippen LogP contribution in [0.15, 0.2) is 36.7 Å². The minimum absolute atomic E-state index is 0.172. The molecule has 1 aliphatic rings. The standard InChI is InChI=1S/C17H20FN3O4S/c1-24-16-17(20-9-8-19-16)25-15-3-2-10-21(11-15)26(22,23)12-13-4-6-14(18)7-5-13/h4-9,15H,2-3,10-12H2,1H3. The minimum atomic E-state index is -3.53. The molecular formula is C17H20FN3O4S. The first kappa shape index (κ1) is 18.5. The molecule has 1 unspecified atom stereocenters. The molecule has 3 rings (SSSR count). The lowest BCUT2D eigenvalue weighted by atomic mass is 10.1. The molecule has 2 heterocycles. The first-order valence-electron chi connectivity index (χ1n) is 8.22. The van der Waals surface area contributed by atoms with Crippen LogP contribution >= 0.6 is 0 Å². The van der Waals surface area contributed by atoms with E-state index in [1.165, 1.54) is 48.1 Å². The van der Waals surface area contributed by atoms with E-state index in [0.29, 0.717) is 24.9 Å². The number of aromatic nitrogens is 2. The Hall–Kier alpha value is -2.26. The largest absolute Gasteiger partial charge is 0.477 e. The van der Waals surface area contributed by atoms with E-state index in [1.807, 2.05) is 0 Å². The SMILES string of the molecule is COc1nccnc1OC1CCCN(S(=O)(=O)Cc2ccc(F)cc2)C1. The van der Waals surface area contributed by atoms with Crippen molar-refractivity contribution in [3.05, 3.63) is 48.0 Å². The van der Waals surface area contributed by atoms with Crippen molar-refractivity contribution in [2.75, 3.05) is 20.2 Å². The molecule has 0 radical (unpaired) electrons. The zero-order chi connectivity index (χ0) is 18.6. The molecule has 2 aromatic rings. The Balaban J connectivity index is 1.68. The summed E-state index contributed by atoms with van der Waals surface area (Å²) in [5.41, 5.74) is 0.546. The van der Waals surface area contributed by atoms with E-state index in [2.05, 4.69) is 9.97 Å². The summed E-state index contributed by atoms with van der Waals surface area (Å²) in [4.78, 5) is 8.11. The summed E-state index contributed by atoms with van der Waals surface area (Å²) in [6.07, 6.45) is 4.03. The number of hydrogen-bond donors (Lipinski definition) is 0. The predicted molar refractivity (Wildman–Crippen MR) is 92.8 cm³/mol. The van der Waals surface area contributed by atoms with Crippen LogP contribution in [0.5, 0.6) is 11.8 Å². The van der Waals surface area contributed by atoms with Crippen LogP contribution in [0.25, 0.3) is 0 Å². The Labute approximate surface area is 151 Å². The summed E-state index contributed by atoms with van der Waals surface area (Å²) in [5.74, 6) is -0.0545. The molecule has 0 amide bonds. The second-order valence-corrected chi connectivity index (χ2v) is 7.96. The maximum Gasteiger partial charge on any atom is 0.278 e. The molecule has 9 heteroatoms.